The maximum absolute atomic E-state index is 5.77. The highest BCUT2D eigenvalue weighted by atomic mass is 15.2. The Balaban J connectivity index is 2.13. The summed E-state index contributed by atoms with van der Waals surface area (Å²) in [6.45, 7) is 3.89. The molecule has 2 heterocycles. The Hall–Kier alpha value is -1.88. The molecule has 1 aliphatic heterocycles. The minimum absolute atomic E-state index is 0.345. The van der Waals surface area contributed by atoms with Crippen LogP contribution in [0.3, 0.4) is 0 Å². The zero-order chi connectivity index (χ0) is 11.7. The number of aromatic nitrogens is 2. The van der Waals surface area contributed by atoms with Gasteiger partial charge < -0.3 is 16.0 Å². The van der Waals surface area contributed by atoms with Gasteiger partial charge in [0.1, 0.15) is 5.82 Å². The van der Waals surface area contributed by atoms with Crippen LogP contribution < -0.4 is 16.0 Å². The number of fused-ring (bicyclic) bond motifs is 1. The van der Waals surface area contributed by atoms with E-state index in [0.717, 1.165) is 42.9 Å². The van der Waals surface area contributed by atoms with E-state index in [1.165, 1.54) is 0 Å². The monoisotopic (exact) mass is 229 g/mol. The first kappa shape index (κ1) is 10.3. The molecule has 0 saturated carbocycles. The lowest BCUT2D eigenvalue weighted by Gasteiger charge is -2.29. The van der Waals surface area contributed by atoms with Crippen molar-refractivity contribution in [2.75, 3.05) is 36.8 Å². The Kier molecular flexibility index (Phi) is 2.53. The standard InChI is InChI=1S/C12H15N5/c13-12-15-10-4-2-1-3-9(10)11(16-12)17-7-5-14-6-8-17/h1-4,14H,5-8H2,(H2,13,15,16). The van der Waals surface area contributed by atoms with E-state index in [9.17, 15) is 0 Å². The molecule has 0 amide bonds. The predicted octanol–water partition coefficient (Wildman–Crippen LogP) is 0.622. The highest BCUT2D eigenvalue weighted by Gasteiger charge is 2.15. The smallest absolute Gasteiger partial charge is 0.222 e. The van der Waals surface area contributed by atoms with Gasteiger partial charge >= 0.3 is 0 Å². The molecule has 1 aromatic carbocycles. The Morgan fingerprint density at radius 3 is 2.71 bits per heavy atom. The Morgan fingerprint density at radius 2 is 1.88 bits per heavy atom. The van der Waals surface area contributed by atoms with Crippen molar-refractivity contribution < 1.29 is 0 Å². The second-order valence-electron chi connectivity index (χ2n) is 4.16. The molecule has 17 heavy (non-hydrogen) atoms. The number of rotatable bonds is 1. The molecule has 0 aliphatic carbocycles. The quantitative estimate of drug-likeness (QED) is 0.750. The first-order valence-electron chi connectivity index (χ1n) is 5.82. The van der Waals surface area contributed by atoms with Crippen LogP contribution in [0.15, 0.2) is 24.3 Å². The van der Waals surface area contributed by atoms with Gasteiger partial charge in [0.15, 0.2) is 0 Å². The van der Waals surface area contributed by atoms with E-state index in [2.05, 4.69) is 20.2 Å². The lowest BCUT2D eigenvalue weighted by atomic mass is 10.2. The number of nitrogens with two attached hydrogens (primary N) is 1. The molecule has 1 saturated heterocycles. The summed E-state index contributed by atoms with van der Waals surface area (Å²) in [6, 6.07) is 8.00. The van der Waals surface area contributed by atoms with Gasteiger partial charge in [-0.15, -0.1) is 0 Å². The van der Waals surface area contributed by atoms with Crippen LogP contribution in [-0.2, 0) is 0 Å². The topological polar surface area (TPSA) is 67.1 Å². The zero-order valence-electron chi connectivity index (χ0n) is 9.56. The molecular weight excluding hydrogens is 214 g/mol. The molecule has 5 heteroatoms. The van der Waals surface area contributed by atoms with Gasteiger partial charge in [0, 0.05) is 31.6 Å². The number of hydrogen-bond acceptors (Lipinski definition) is 5. The molecule has 3 N–H and O–H groups in total. The van der Waals surface area contributed by atoms with Crippen molar-refractivity contribution in [3.8, 4) is 0 Å². The van der Waals surface area contributed by atoms with Gasteiger partial charge in [-0.2, -0.15) is 4.98 Å². The fraction of sp³-hybridized carbons (Fsp3) is 0.333. The molecule has 88 valence electrons. The molecule has 0 bridgehead atoms. The van der Waals surface area contributed by atoms with Crippen LogP contribution in [0.2, 0.25) is 0 Å². The van der Waals surface area contributed by atoms with Crippen molar-refractivity contribution >= 4 is 22.7 Å². The number of anilines is 2. The first-order chi connectivity index (χ1) is 8.34. The van der Waals surface area contributed by atoms with Crippen molar-refractivity contribution in [3.05, 3.63) is 24.3 Å². The third-order valence-electron chi connectivity index (χ3n) is 3.02. The van der Waals surface area contributed by atoms with Gasteiger partial charge in [-0.25, -0.2) is 4.98 Å². The second kappa shape index (κ2) is 4.18. The molecule has 3 rings (SSSR count). The fourth-order valence-electron chi connectivity index (χ4n) is 2.20. The molecular formula is C12H15N5. The maximum atomic E-state index is 5.77. The average molecular weight is 229 g/mol. The van der Waals surface area contributed by atoms with E-state index in [0.29, 0.717) is 5.95 Å². The summed E-state index contributed by atoms with van der Waals surface area (Å²) >= 11 is 0. The van der Waals surface area contributed by atoms with Crippen molar-refractivity contribution in [3.63, 3.8) is 0 Å². The summed E-state index contributed by atoms with van der Waals surface area (Å²) in [5, 5.41) is 4.40. The average Bonchev–Trinajstić information content (AvgIpc) is 2.39. The van der Waals surface area contributed by atoms with Crippen LogP contribution in [-0.4, -0.2) is 36.1 Å². The Bertz CT molecular complexity index is 533. The van der Waals surface area contributed by atoms with Crippen LogP contribution in [0.1, 0.15) is 0 Å². The van der Waals surface area contributed by atoms with Crippen molar-refractivity contribution in [2.24, 2.45) is 0 Å². The lowest BCUT2D eigenvalue weighted by Crippen LogP contribution is -2.44. The van der Waals surface area contributed by atoms with E-state index >= 15 is 0 Å². The zero-order valence-corrected chi connectivity index (χ0v) is 9.56. The van der Waals surface area contributed by atoms with E-state index in [1.54, 1.807) is 0 Å². The fourth-order valence-corrected chi connectivity index (χ4v) is 2.20. The van der Waals surface area contributed by atoms with E-state index in [-0.39, 0.29) is 0 Å². The third-order valence-corrected chi connectivity index (χ3v) is 3.02. The minimum Gasteiger partial charge on any atom is -0.368 e. The van der Waals surface area contributed by atoms with Crippen LogP contribution in [0.5, 0.6) is 0 Å². The largest absolute Gasteiger partial charge is 0.368 e. The summed E-state index contributed by atoms with van der Waals surface area (Å²) < 4.78 is 0. The summed E-state index contributed by atoms with van der Waals surface area (Å²) in [5.41, 5.74) is 6.68. The third kappa shape index (κ3) is 1.89. The van der Waals surface area contributed by atoms with Gasteiger partial charge in [-0.3, -0.25) is 0 Å². The van der Waals surface area contributed by atoms with Gasteiger partial charge in [0.2, 0.25) is 5.95 Å². The number of para-hydroxylation sites is 1. The second-order valence-corrected chi connectivity index (χ2v) is 4.16. The van der Waals surface area contributed by atoms with Crippen LogP contribution in [0.25, 0.3) is 10.9 Å². The van der Waals surface area contributed by atoms with Gasteiger partial charge in [0.25, 0.3) is 0 Å². The van der Waals surface area contributed by atoms with Gasteiger partial charge in [0.05, 0.1) is 5.52 Å². The van der Waals surface area contributed by atoms with Crippen molar-refractivity contribution in [1.82, 2.24) is 15.3 Å². The minimum atomic E-state index is 0.345. The maximum Gasteiger partial charge on any atom is 0.222 e. The van der Waals surface area contributed by atoms with Crippen molar-refractivity contribution in [2.45, 2.75) is 0 Å². The molecule has 0 radical (unpaired) electrons. The summed E-state index contributed by atoms with van der Waals surface area (Å²) in [7, 11) is 0. The number of nitrogens with one attached hydrogen (secondary N) is 1. The summed E-state index contributed by atoms with van der Waals surface area (Å²) in [4.78, 5) is 10.9. The molecule has 5 nitrogen and oxygen atoms in total. The lowest BCUT2D eigenvalue weighted by molar-refractivity contribution is 0.586. The van der Waals surface area contributed by atoms with Crippen LogP contribution >= 0.6 is 0 Å². The summed E-state index contributed by atoms with van der Waals surface area (Å²) in [6.07, 6.45) is 0. The molecule has 1 fully saturated rings. The van der Waals surface area contributed by atoms with Crippen LogP contribution in [0.4, 0.5) is 11.8 Å². The summed E-state index contributed by atoms with van der Waals surface area (Å²) in [5.74, 6) is 1.30. The van der Waals surface area contributed by atoms with Gasteiger partial charge in [-0.05, 0) is 12.1 Å². The number of piperazine rings is 1. The highest BCUT2D eigenvalue weighted by molar-refractivity contribution is 5.90. The normalized spacial score (nSPS) is 16.4. The Labute approximate surface area is 99.7 Å². The molecule has 1 aliphatic rings. The number of nitrogens with zero attached hydrogens (tertiary/aromatic N) is 3. The first-order valence-corrected chi connectivity index (χ1v) is 5.82. The SMILES string of the molecule is Nc1nc(N2CCNCC2)c2ccccc2n1. The van der Waals surface area contributed by atoms with E-state index < -0.39 is 0 Å². The molecule has 1 aromatic heterocycles. The van der Waals surface area contributed by atoms with E-state index in [4.69, 9.17) is 5.73 Å². The number of nitrogen functional groups attached to an aromatic ring is 1. The van der Waals surface area contributed by atoms with Crippen molar-refractivity contribution in [1.29, 1.82) is 0 Å². The highest BCUT2D eigenvalue weighted by Crippen LogP contribution is 2.24. The van der Waals surface area contributed by atoms with E-state index in [1.807, 2.05) is 24.3 Å². The number of hydrogen-bond donors (Lipinski definition) is 2. The molecule has 2 aromatic rings. The molecule has 0 spiro atoms. The number of benzene rings is 1. The Morgan fingerprint density at radius 1 is 1.12 bits per heavy atom. The molecule has 0 unspecified atom stereocenters. The predicted molar refractivity (Wildman–Crippen MR) is 69.0 cm³/mol. The van der Waals surface area contributed by atoms with Gasteiger partial charge in [-0.1, -0.05) is 12.1 Å². The molecule has 0 atom stereocenters. The van der Waals surface area contributed by atoms with Crippen LogP contribution in [0, 0.1) is 0 Å².